The smallest absolute Gasteiger partial charge is 0.293 e. The molecule has 17 heavy (non-hydrogen) atoms. The molecule has 2 heterocycles. The van der Waals surface area contributed by atoms with Crippen molar-refractivity contribution in [3.8, 4) is 0 Å². The van der Waals surface area contributed by atoms with Crippen LogP contribution in [-0.2, 0) is 6.54 Å². The molecule has 1 aliphatic rings. The van der Waals surface area contributed by atoms with Crippen LogP contribution < -0.4 is 10.5 Å². The second-order valence-corrected chi connectivity index (χ2v) is 4.86. The summed E-state index contributed by atoms with van der Waals surface area (Å²) in [5.41, 5.74) is -0.799. The molecule has 1 unspecified atom stereocenters. The summed E-state index contributed by atoms with van der Waals surface area (Å²) in [6.45, 7) is 5.63. The van der Waals surface area contributed by atoms with Crippen LogP contribution in [0, 0.1) is 0 Å². The molecule has 0 amide bonds. The van der Waals surface area contributed by atoms with Gasteiger partial charge in [-0.15, -0.1) is 0 Å². The Labute approximate surface area is 101 Å². The number of hydrogen-bond acceptors (Lipinski definition) is 4. The molecule has 0 spiro atoms. The van der Waals surface area contributed by atoms with E-state index in [1.54, 1.807) is 23.9 Å². The van der Waals surface area contributed by atoms with Crippen molar-refractivity contribution < 1.29 is 5.11 Å². The highest BCUT2D eigenvalue weighted by molar-refractivity contribution is 5.37. The molecule has 0 radical (unpaired) electrons. The number of aliphatic hydroxyl groups is 1. The predicted octanol–water partition coefficient (Wildman–Crippen LogP) is 0.614. The molecule has 1 aromatic rings. The van der Waals surface area contributed by atoms with E-state index in [-0.39, 0.29) is 5.56 Å². The van der Waals surface area contributed by atoms with Crippen molar-refractivity contribution in [3.05, 3.63) is 22.7 Å². The molecule has 5 nitrogen and oxygen atoms in total. The lowest BCUT2D eigenvalue weighted by atomic mass is 9.95. The third-order valence-electron chi connectivity index (χ3n) is 3.21. The first-order valence-corrected chi connectivity index (χ1v) is 6.06. The van der Waals surface area contributed by atoms with Crippen LogP contribution in [0.3, 0.4) is 0 Å². The zero-order chi connectivity index (χ0) is 12.5. The number of nitrogens with zero attached hydrogens (tertiary/aromatic N) is 3. The van der Waals surface area contributed by atoms with Crippen molar-refractivity contribution in [2.75, 3.05) is 18.0 Å². The fourth-order valence-electron chi connectivity index (χ4n) is 2.30. The molecule has 2 rings (SSSR count). The van der Waals surface area contributed by atoms with Crippen LogP contribution in [0.2, 0.25) is 0 Å². The second-order valence-electron chi connectivity index (χ2n) is 4.86. The monoisotopic (exact) mass is 237 g/mol. The molecule has 1 aromatic heterocycles. The van der Waals surface area contributed by atoms with Gasteiger partial charge in [-0.05, 0) is 26.7 Å². The molecular formula is C12H19N3O2. The fourth-order valence-corrected chi connectivity index (χ4v) is 2.30. The van der Waals surface area contributed by atoms with Gasteiger partial charge in [0.25, 0.3) is 5.56 Å². The topological polar surface area (TPSA) is 58.4 Å². The van der Waals surface area contributed by atoms with Gasteiger partial charge in [0.2, 0.25) is 0 Å². The van der Waals surface area contributed by atoms with E-state index < -0.39 is 5.60 Å². The standard InChI is InChI=1S/C12H19N3O2/c1-3-14-8-6-13-10(11(14)16)15-7-4-5-12(2,17)9-15/h6,8,17H,3-5,7,9H2,1-2H3. The van der Waals surface area contributed by atoms with E-state index in [0.29, 0.717) is 18.9 Å². The Bertz CT molecular complexity index is 453. The SMILES string of the molecule is CCn1ccnc(N2CCCC(C)(O)C2)c1=O. The molecule has 1 saturated heterocycles. The van der Waals surface area contributed by atoms with E-state index >= 15 is 0 Å². The van der Waals surface area contributed by atoms with Gasteiger partial charge in [-0.3, -0.25) is 4.79 Å². The molecule has 5 heteroatoms. The van der Waals surface area contributed by atoms with Crippen LogP contribution in [0.5, 0.6) is 0 Å². The molecule has 0 saturated carbocycles. The summed E-state index contributed by atoms with van der Waals surface area (Å²) in [6.07, 6.45) is 4.99. The normalized spacial score (nSPS) is 25.0. The Morgan fingerprint density at radius 3 is 3.00 bits per heavy atom. The molecular weight excluding hydrogens is 218 g/mol. The summed E-state index contributed by atoms with van der Waals surface area (Å²) in [6, 6.07) is 0. The number of hydrogen-bond donors (Lipinski definition) is 1. The molecule has 0 bridgehead atoms. The van der Waals surface area contributed by atoms with Crippen LogP contribution in [0.1, 0.15) is 26.7 Å². The highest BCUT2D eigenvalue weighted by Crippen LogP contribution is 2.22. The molecule has 94 valence electrons. The molecule has 1 aliphatic heterocycles. The van der Waals surface area contributed by atoms with Gasteiger partial charge in [-0.1, -0.05) is 0 Å². The number of aryl methyl sites for hydroxylation is 1. The van der Waals surface area contributed by atoms with Crippen molar-refractivity contribution >= 4 is 5.82 Å². The lowest BCUT2D eigenvalue weighted by Gasteiger charge is -2.37. The third-order valence-corrected chi connectivity index (χ3v) is 3.21. The van der Waals surface area contributed by atoms with Gasteiger partial charge < -0.3 is 14.6 Å². The minimum absolute atomic E-state index is 0.0762. The van der Waals surface area contributed by atoms with Crippen molar-refractivity contribution in [1.82, 2.24) is 9.55 Å². The number of aromatic nitrogens is 2. The van der Waals surface area contributed by atoms with Crippen LogP contribution in [0.15, 0.2) is 17.2 Å². The molecule has 1 N–H and O–H groups in total. The van der Waals surface area contributed by atoms with E-state index in [9.17, 15) is 9.90 Å². The van der Waals surface area contributed by atoms with E-state index in [1.807, 2.05) is 11.8 Å². The Kier molecular flexibility index (Phi) is 3.19. The molecule has 0 aromatic carbocycles. The zero-order valence-corrected chi connectivity index (χ0v) is 10.4. The lowest BCUT2D eigenvalue weighted by molar-refractivity contribution is 0.0446. The zero-order valence-electron chi connectivity index (χ0n) is 10.4. The van der Waals surface area contributed by atoms with Gasteiger partial charge in [0, 0.05) is 32.0 Å². The van der Waals surface area contributed by atoms with Crippen LogP contribution in [0.4, 0.5) is 5.82 Å². The lowest BCUT2D eigenvalue weighted by Crippen LogP contribution is -2.48. The van der Waals surface area contributed by atoms with Gasteiger partial charge in [0.05, 0.1) is 5.60 Å². The van der Waals surface area contributed by atoms with Gasteiger partial charge in [-0.2, -0.15) is 0 Å². The number of rotatable bonds is 2. The van der Waals surface area contributed by atoms with E-state index in [1.165, 1.54) is 0 Å². The number of β-amino-alcohol motifs (C(OH)–C–C–N with tert-alkyl or cyclic N) is 1. The first kappa shape index (κ1) is 12.1. The highest BCUT2D eigenvalue weighted by Gasteiger charge is 2.30. The third kappa shape index (κ3) is 2.49. The van der Waals surface area contributed by atoms with Gasteiger partial charge >= 0.3 is 0 Å². The van der Waals surface area contributed by atoms with Crippen molar-refractivity contribution in [2.24, 2.45) is 0 Å². The second kappa shape index (κ2) is 4.49. The van der Waals surface area contributed by atoms with Crippen molar-refractivity contribution in [1.29, 1.82) is 0 Å². The molecule has 1 atom stereocenters. The largest absolute Gasteiger partial charge is 0.388 e. The van der Waals surface area contributed by atoms with E-state index in [2.05, 4.69) is 4.98 Å². The number of piperidine rings is 1. The van der Waals surface area contributed by atoms with Crippen LogP contribution >= 0.6 is 0 Å². The van der Waals surface area contributed by atoms with Gasteiger partial charge in [0.15, 0.2) is 5.82 Å². The Morgan fingerprint density at radius 2 is 2.35 bits per heavy atom. The van der Waals surface area contributed by atoms with Crippen molar-refractivity contribution in [2.45, 2.75) is 38.8 Å². The summed E-state index contributed by atoms with van der Waals surface area (Å²) in [4.78, 5) is 18.1. The van der Waals surface area contributed by atoms with E-state index in [4.69, 9.17) is 0 Å². The maximum atomic E-state index is 12.1. The van der Waals surface area contributed by atoms with Gasteiger partial charge in [-0.25, -0.2) is 4.98 Å². The quantitative estimate of drug-likeness (QED) is 0.819. The fraction of sp³-hybridized carbons (Fsp3) is 0.667. The van der Waals surface area contributed by atoms with Crippen LogP contribution in [-0.4, -0.2) is 33.3 Å². The van der Waals surface area contributed by atoms with E-state index in [0.717, 1.165) is 19.4 Å². The Balaban J connectivity index is 2.31. The summed E-state index contributed by atoms with van der Waals surface area (Å²) in [7, 11) is 0. The average molecular weight is 237 g/mol. The predicted molar refractivity (Wildman–Crippen MR) is 66.2 cm³/mol. The summed E-state index contributed by atoms with van der Waals surface area (Å²) in [5.74, 6) is 0.453. The van der Waals surface area contributed by atoms with Gasteiger partial charge in [0.1, 0.15) is 0 Å². The van der Waals surface area contributed by atoms with Crippen molar-refractivity contribution in [3.63, 3.8) is 0 Å². The summed E-state index contributed by atoms with van der Waals surface area (Å²) >= 11 is 0. The summed E-state index contributed by atoms with van der Waals surface area (Å²) in [5, 5.41) is 10.0. The minimum Gasteiger partial charge on any atom is -0.388 e. The Morgan fingerprint density at radius 1 is 1.59 bits per heavy atom. The molecule has 0 aliphatic carbocycles. The summed E-state index contributed by atoms with van der Waals surface area (Å²) < 4.78 is 1.63. The average Bonchev–Trinajstić information content (AvgIpc) is 2.28. The first-order valence-electron chi connectivity index (χ1n) is 6.06. The maximum Gasteiger partial charge on any atom is 0.293 e. The Hall–Kier alpha value is -1.36. The number of anilines is 1. The highest BCUT2D eigenvalue weighted by atomic mass is 16.3. The first-order chi connectivity index (χ1) is 8.03. The maximum absolute atomic E-state index is 12.1. The van der Waals surface area contributed by atoms with Crippen LogP contribution in [0.25, 0.3) is 0 Å². The molecule has 1 fully saturated rings. The minimum atomic E-state index is -0.723.